The molecule has 1 fully saturated rings. The summed E-state index contributed by atoms with van der Waals surface area (Å²) in [5, 5.41) is 6.22. The first-order chi connectivity index (χ1) is 9.62. The molecule has 0 aromatic heterocycles. The summed E-state index contributed by atoms with van der Waals surface area (Å²) in [5.41, 5.74) is 11.0. The molecule has 6 nitrogen and oxygen atoms in total. The largest absolute Gasteiger partial charge is 0.370 e. The molecule has 0 spiro atoms. The van der Waals surface area contributed by atoms with Gasteiger partial charge in [0.25, 0.3) is 5.91 Å². The van der Waals surface area contributed by atoms with Gasteiger partial charge in [0, 0.05) is 6.21 Å². The molecule has 0 bridgehead atoms. The van der Waals surface area contributed by atoms with Gasteiger partial charge in [-0.2, -0.15) is 10.1 Å². The van der Waals surface area contributed by atoms with E-state index in [1.54, 1.807) is 6.21 Å². The Morgan fingerprint density at radius 3 is 2.52 bits per heavy atom. The van der Waals surface area contributed by atoms with Gasteiger partial charge < -0.3 is 11.5 Å². The first-order valence-corrected chi connectivity index (χ1v) is 6.63. The van der Waals surface area contributed by atoms with Crippen molar-refractivity contribution in [3.63, 3.8) is 0 Å². The third-order valence-corrected chi connectivity index (χ3v) is 3.83. The third-order valence-electron chi connectivity index (χ3n) is 3.83. The van der Waals surface area contributed by atoms with Crippen LogP contribution in [0.2, 0.25) is 0 Å². The van der Waals surface area contributed by atoms with E-state index in [1.807, 2.05) is 35.3 Å². The fraction of sp³-hybridized carbons (Fsp3) is 0.357. The van der Waals surface area contributed by atoms with Crippen molar-refractivity contribution < 1.29 is 4.79 Å². The van der Waals surface area contributed by atoms with Crippen LogP contribution in [0.25, 0.3) is 0 Å². The van der Waals surface area contributed by atoms with E-state index in [9.17, 15) is 4.79 Å². The normalized spacial score (nSPS) is 23.5. The van der Waals surface area contributed by atoms with Gasteiger partial charge in [0.2, 0.25) is 0 Å². The number of hydrogen-bond donors (Lipinski definition) is 2. The minimum absolute atomic E-state index is 0. The number of hydrazone groups is 1. The molecule has 1 atom stereocenters. The van der Waals surface area contributed by atoms with Gasteiger partial charge in [-0.3, -0.25) is 9.80 Å². The molecule has 1 heterocycles. The zero-order valence-electron chi connectivity index (χ0n) is 11.5. The average Bonchev–Trinajstić information content (AvgIpc) is 3.19. The van der Waals surface area contributed by atoms with Crippen LogP contribution in [0.4, 0.5) is 5.69 Å². The van der Waals surface area contributed by atoms with Gasteiger partial charge >= 0.3 is 0 Å². The van der Waals surface area contributed by atoms with Crippen molar-refractivity contribution >= 4 is 36.2 Å². The van der Waals surface area contributed by atoms with Crippen molar-refractivity contribution in [3.05, 3.63) is 30.3 Å². The van der Waals surface area contributed by atoms with Crippen LogP contribution in [0.15, 0.2) is 40.4 Å². The second kappa shape index (κ2) is 5.73. The number of para-hydroxylation sites is 1. The second-order valence-corrected chi connectivity index (χ2v) is 5.29. The number of carbonyl (C=O) groups excluding carboxylic acids is 1. The van der Waals surface area contributed by atoms with Crippen LogP contribution < -0.4 is 16.5 Å². The van der Waals surface area contributed by atoms with Gasteiger partial charge in [0.1, 0.15) is 5.41 Å². The lowest BCUT2D eigenvalue weighted by atomic mass is 9.83. The molecule has 7 heteroatoms. The maximum atomic E-state index is 12.4. The number of benzene rings is 1. The first-order valence-electron chi connectivity index (χ1n) is 6.63. The molecular formula is C14H18ClN5O. The molecule has 21 heavy (non-hydrogen) atoms. The molecule has 2 aliphatic rings. The van der Waals surface area contributed by atoms with Gasteiger partial charge in [-0.05, 0) is 30.9 Å². The smallest absolute Gasteiger partial charge is 0.262 e. The fourth-order valence-corrected chi connectivity index (χ4v) is 2.61. The molecule has 4 N–H and O–H groups in total. The molecular weight excluding hydrogens is 290 g/mol. The lowest BCUT2D eigenvalue weighted by Gasteiger charge is -2.24. The Morgan fingerprint density at radius 2 is 1.95 bits per heavy atom. The molecule has 3 rings (SSSR count). The van der Waals surface area contributed by atoms with Crippen LogP contribution in [0.3, 0.4) is 0 Å². The van der Waals surface area contributed by atoms with E-state index >= 15 is 0 Å². The van der Waals surface area contributed by atoms with E-state index in [1.165, 1.54) is 0 Å². The van der Waals surface area contributed by atoms with E-state index in [0.29, 0.717) is 6.54 Å². The van der Waals surface area contributed by atoms with Gasteiger partial charge in [-0.25, -0.2) is 0 Å². The maximum Gasteiger partial charge on any atom is 0.262 e. The Kier molecular flexibility index (Phi) is 4.18. The van der Waals surface area contributed by atoms with Gasteiger partial charge in [-0.1, -0.05) is 18.2 Å². The standard InChI is InChI=1S/C14H17N5O.ClH/c15-13(16)18-12(20)14(10-6-7-10)8-17-19(9-14)11-4-2-1-3-5-11;/h1-5,8,10H,6-7,9H2,(H4,15,16,18,20);1H. The van der Waals surface area contributed by atoms with Crippen LogP contribution >= 0.6 is 12.4 Å². The van der Waals surface area contributed by atoms with Crippen molar-refractivity contribution in [1.29, 1.82) is 0 Å². The summed E-state index contributed by atoms with van der Waals surface area (Å²) in [7, 11) is 0. The van der Waals surface area contributed by atoms with E-state index in [4.69, 9.17) is 11.5 Å². The van der Waals surface area contributed by atoms with Crippen LogP contribution in [0, 0.1) is 11.3 Å². The number of amides is 1. The predicted molar refractivity (Wildman–Crippen MR) is 85.5 cm³/mol. The summed E-state index contributed by atoms with van der Waals surface area (Å²) in [6.07, 6.45) is 3.74. The fourth-order valence-electron chi connectivity index (χ4n) is 2.61. The molecule has 1 aromatic rings. The highest BCUT2D eigenvalue weighted by atomic mass is 35.5. The SMILES string of the molecule is Cl.NC(N)=NC(=O)C1(C2CC2)C=NN(c2ccccc2)C1. The minimum Gasteiger partial charge on any atom is -0.370 e. The minimum atomic E-state index is -0.681. The van der Waals surface area contributed by atoms with Crippen molar-refractivity contribution in [2.75, 3.05) is 11.6 Å². The van der Waals surface area contributed by atoms with Crippen LogP contribution in [-0.4, -0.2) is 24.6 Å². The van der Waals surface area contributed by atoms with Crippen LogP contribution in [0.1, 0.15) is 12.8 Å². The highest BCUT2D eigenvalue weighted by molar-refractivity contribution is 6.06. The monoisotopic (exact) mass is 307 g/mol. The summed E-state index contributed by atoms with van der Waals surface area (Å²) in [6.45, 7) is 0.497. The van der Waals surface area contributed by atoms with Crippen LogP contribution in [0.5, 0.6) is 0 Å². The summed E-state index contributed by atoms with van der Waals surface area (Å²) in [5.74, 6) is -0.195. The Bertz CT molecular complexity index is 580. The average molecular weight is 308 g/mol. The van der Waals surface area contributed by atoms with Crippen molar-refractivity contribution in [2.24, 2.45) is 32.9 Å². The number of nitrogens with two attached hydrogens (primary N) is 2. The number of halogens is 1. The van der Waals surface area contributed by atoms with Crippen molar-refractivity contribution in [2.45, 2.75) is 12.8 Å². The molecule has 0 radical (unpaired) electrons. The van der Waals surface area contributed by atoms with Crippen molar-refractivity contribution in [3.8, 4) is 0 Å². The summed E-state index contributed by atoms with van der Waals surface area (Å²) in [6, 6.07) is 9.76. The molecule has 1 aliphatic heterocycles. The topological polar surface area (TPSA) is 97.1 Å². The van der Waals surface area contributed by atoms with Gasteiger partial charge in [0.15, 0.2) is 5.96 Å². The van der Waals surface area contributed by atoms with E-state index in [2.05, 4.69) is 10.1 Å². The Hall–Kier alpha value is -2.08. The number of aliphatic imine (C=N–C) groups is 1. The van der Waals surface area contributed by atoms with Crippen molar-refractivity contribution in [1.82, 2.24) is 0 Å². The maximum absolute atomic E-state index is 12.4. The predicted octanol–water partition coefficient (Wildman–Crippen LogP) is 1.11. The number of hydrogen-bond acceptors (Lipinski definition) is 3. The quantitative estimate of drug-likeness (QED) is 0.645. The Balaban J connectivity index is 0.00000161. The number of anilines is 1. The van der Waals surface area contributed by atoms with E-state index in [-0.39, 0.29) is 30.2 Å². The van der Waals surface area contributed by atoms with Gasteiger partial charge in [0.05, 0.1) is 12.2 Å². The molecule has 0 saturated heterocycles. The molecule has 1 aromatic carbocycles. The number of guanidine groups is 1. The third kappa shape index (κ3) is 2.85. The van der Waals surface area contributed by atoms with Gasteiger partial charge in [-0.15, -0.1) is 12.4 Å². The molecule has 112 valence electrons. The zero-order valence-corrected chi connectivity index (χ0v) is 12.3. The summed E-state index contributed by atoms with van der Waals surface area (Å²) in [4.78, 5) is 16.1. The summed E-state index contributed by atoms with van der Waals surface area (Å²) < 4.78 is 0. The molecule has 1 saturated carbocycles. The second-order valence-electron chi connectivity index (χ2n) is 5.29. The van der Waals surface area contributed by atoms with Crippen LogP contribution in [-0.2, 0) is 4.79 Å². The molecule has 1 unspecified atom stereocenters. The van der Waals surface area contributed by atoms with E-state index < -0.39 is 5.41 Å². The molecule has 1 aliphatic carbocycles. The number of nitrogens with zero attached hydrogens (tertiary/aromatic N) is 3. The lowest BCUT2D eigenvalue weighted by Crippen LogP contribution is -2.40. The number of carbonyl (C=O) groups is 1. The number of rotatable bonds is 3. The first kappa shape index (κ1) is 15.3. The highest BCUT2D eigenvalue weighted by Crippen LogP contribution is 2.48. The molecule has 1 amide bonds. The Morgan fingerprint density at radius 1 is 1.29 bits per heavy atom. The zero-order chi connectivity index (χ0) is 14.2. The Labute approximate surface area is 129 Å². The lowest BCUT2D eigenvalue weighted by molar-refractivity contribution is -0.124. The van der Waals surface area contributed by atoms with E-state index in [0.717, 1.165) is 18.5 Å². The highest BCUT2D eigenvalue weighted by Gasteiger charge is 2.53. The summed E-state index contributed by atoms with van der Waals surface area (Å²) >= 11 is 0.